The second-order valence-corrected chi connectivity index (χ2v) is 5.13. The van der Waals surface area contributed by atoms with Gasteiger partial charge in [0.2, 0.25) is 0 Å². The third-order valence-corrected chi connectivity index (χ3v) is 3.44. The number of hydrogen-bond donors (Lipinski definition) is 2. The Hall–Kier alpha value is -1.000. The minimum absolute atomic E-state index is 0.378. The van der Waals surface area contributed by atoms with Crippen molar-refractivity contribution >= 4 is 23.2 Å². The minimum Gasteiger partial charge on any atom is -0.460 e. The summed E-state index contributed by atoms with van der Waals surface area (Å²) in [4.78, 5) is 0. The first kappa shape index (κ1) is 14.4. The van der Waals surface area contributed by atoms with Crippen LogP contribution in [0.2, 0.25) is 10.0 Å². The molecule has 3 nitrogen and oxygen atoms in total. The molecule has 0 saturated heterocycles. The van der Waals surface area contributed by atoms with Crippen LogP contribution in [0.4, 0.5) is 0 Å². The van der Waals surface area contributed by atoms with Crippen molar-refractivity contribution in [1.29, 1.82) is 0 Å². The Kier molecular flexibility index (Phi) is 4.88. The average Bonchev–Trinajstić information content (AvgIpc) is 2.81. The first-order valence-electron chi connectivity index (χ1n) is 6.00. The second kappa shape index (κ2) is 6.44. The van der Waals surface area contributed by atoms with E-state index in [1.165, 1.54) is 0 Å². The van der Waals surface area contributed by atoms with Gasteiger partial charge in [0.25, 0.3) is 0 Å². The van der Waals surface area contributed by atoms with Gasteiger partial charge in [-0.3, -0.25) is 0 Å². The van der Waals surface area contributed by atoms with E-state index in [-0.39, 0.29) is 6.10 Å². The molecule has 102 valence electrons. The maximum Gasteiger partial charge on any atom is 0.135 e. The van der Waals surface area contributed by atoms with Gasteiger partial charge in [-0.2, -0.15) is 0 Å². The van der Waals surface area contributed by atoms with Crippen molar-refractivity contribution in [3.05, 3.63) is 46.1 Å². The van der Waals surface area contributed by atoms with Gasteiger partial charge in [-0.25, -0.2) is 0 Å². The molecule has 1 aromatic carbocycles. The largest absolute Gasteiger partial charge is 0.460 e. The Bertz CT molecular complexity index is 552. The highest BCUT2D eigenvalue weighted by Gasteiger charge is 2.10. The zero-order chi connectivity index (χ0) is 13.8. The van der Waals surface area contributed by atoms with Crippen molar-refractivity contribution in [2.24, 2.45) is 0 Å². The molecule has 0 aliphatic heterocycles. The van der Waals surface area contributed by atoms with E-state index in [9.17, 15) is 0 Å². The van der Waals surface area contributed by atoms with Crippen molar-refractivity contribution in [1.82, 2.24) is 5.32 Å². The molecule has 1 unspecified atom stereocenters. The number of aliphatic hydroxyl groups is 1. The third kappa shape index (κ3) is 3.74. The van der Waals surface area contributed by atoms with Gasteiger partial charge in [0.1, 0.15) is 11.5 Å². The highest BCUT2D eigenvalue weighted by atomic mass is 35.5. The Morgan fingerprint density at radius 2 is 2.05 bits per heavy atom. The number of halogens is 2. The van der Waals surface area contributed by atoms with Crippen LogP contribution in [0.15, 0.2) is 34.7 Å². The van der Waals surface area contributed by atoms with Gasteiger partial charge in [0, 0.05) is 12.1 Å². The molecule has 1 aromatic heterocycles. The number of nitrogens with one attached hydrogen (secondary N) is 1. The fourth-order valence-electron chi connectivity index (χ4n) is 1.72. The SMILES string of the molecule is CC(O)CNCc1ccc(-c2cccc(Cl)c2Cl)o1. The van der Waals surface area contributed by atoms with Crippen molar-refractivity contribution in [2.75, 3.05) is 6.54 Å². The van der Waals surface area contributed by atoms with E-state index >= 15 is 0 Å². The smallest absolute Gasteiger partial charge is 0.135 e. The lowest BCUT2D eigenvalue weighted by molar-refractivity contribution is 0.190. The van der Waals surface area contributed by atoms with Crippen LogP contribution in [0, 0.1) is 0 Å². The van der Waals surface area contributed by atoms with Crippen LogP contribution in [0.25, 0.3) is 11.3 Å². The first-order valence-corrected chi connectivity index (χ1v) is 6.75. The van der Waals surface area contributed by atoms with Crippen molar-refractivity contribution in [3.8, 4) is 11.3 Å². The molecule has 0 radical (unpaired) electrons. The molecule has 0 saturated carbocycles. The Balaban J connectivity index is 2.10. The van der Waals surface area contributed by atoms with Crippen LogP contribution in [0.3, 0.4) is 0 Å². The molecule has 0 amide bonds. The fraction of sp³-hybridized carbons (Fsp3) is 0.286. The number of rotatable bonds is 5. The molecule has 19 heavy (non-hydrogen) atoms. The summed E-state index contributed by atoms with van der Waals surface area (Å²) in [7, 11) is 0. The van der Waals surface area contributed by atoms with E-state index in [1.54, 1.807) is 13.0 Å². The predicted molar refractivity (Wildman–Crippen MR) is 77.6 cm³/mol. The highest BCUT2D eigenvalue weighted by Crippen LogP contribution is 2.34. The van der Waals surface area contributed by atoms with Crippen LogP contribution in [0.1, 0.15) is 12.7 Å². The zero-order valence-electron chi connectivity index (χ0n) is 10.5. The molecule has 2 N–H and O–H groups in total. The van der Waals surface area contributed by atoms with Crippen molar-refractivity contribution in [3.63, 3.8) is 0 Å². The zero-order valence-corrected chi connectivity index (χ0v) is 12.0. The Morgan fingerprint density at radius 3 is 2.79 bits per heavy atom. The standard InChI is InChI=1S/C14H15Cl2NO2/c1-9(18)7-17-8-10-5-6-13(19-10)11-3-2-4-12(15)14(11)16/h2-6,9,17-18H,7-8H2,1H3. The fourth-order valence-corrected chi connectivity index (χ4v) is 2.11. The summed E-state index contributed by atoms with van der Waals surface area (Å²) in [5.74, 6) is 1.47. The summed E-state index contributed by atoms with van der Waals surface area (Å²) in [5, 5.41) is 13.2. The second-order valence-electron chi connectivity index (χ2n) is 4.35. The topological polar surface area (TPSA) is 45.4 Å². The number of furan rings is 1. The molecular weight excluding hydrogens is 285 g/mol. The summed E-state index contributed by atoms with van der Waals surface area (Å²) >= 11 is 12.1. The lowest BCUT2D eigenvalue weighted by Gasteiger charge is -2.05. The number of benzene rings is 1. The maximum atomic E-state index is 9.16. The van der Waals surface area contributed by atoms with Crippen LogP contribution < -0.4 is 5.32 Å². The molecule has 1 heterocycles. The van der Waals surface area contributed by atoms with Crippen molar-refractivity contribution in [2.45, 2.75) is 19.6 Å². The van der Waals surface area contributed by atoms with Crippen LogP contribution >= 0.6 is 23.2 Å². The summed E-state index contributed by atoms with van der Waals surface area (Å²) in [6.07, 6.45) is -0.378. The first-order chi connectivity index (χ1) is 9.08. The molecule has 5 heteroatoms. The average molecular weight is 300 g/mol. The monoisotopic (exact) mass is 299 g/mol. The molecule has 2 rings (SSSR count). The van der Waals surface area contributed by atoms with E-state index in [0.29, 0.717) is 28.9 Å². The number of hydrogen-bond acceptors (Lipinski definition) is 3. The Labute approximate surface area is 122 Å². The molecule has 0 fully saturated rings. The van der Waals surface area contributed by atoms with Gasteiger partial charge in [-0.05, 0) is 31.2 Å². The highest BCUT2D eigenvalue weighted by molar-refractivity contribution is 6.43. The van der Waals surface area contributed by atoms with Gasteiger partial charge in [0.05, 0.1) is 22.7 Å². The molecule has 0 aliphatic carbocycles. The van der Waals surface area contributed by atoms with E-state index in [0.717, 1.165) is 11.3 Å². The number of aliphatic hydroxyl groups excluding tert-OH is 1. The van der Waals surface area contributed by atoms with Crippen LogP contribution in [0.5, 0.6) is 0 Å². The molecule has 1 atom stereocenters. The van der Waals surface area contributed by atoms with E-state index in [4.69, 9.17) is 32.7 Å². The lowest BCUT2D eigenvalue weighted by atomic mass is 10.2. The van der Waals surface area contributed by atoms with E-state index in [1.807, 2.05) is 24.3 Å². The van der Waals surface area contributed by atoms with Crippen molar-refractivity contribution < 1.29 is 9.52 Å². The normalized spacial score (nSPS) is 12.6. The van der Waals surface area contributed by atoms with Crippen LogP contribution in [-0.2, 0) is 6.54 Å². The molecule has 0 bridgehead atoms. The minimum atomic E-state index is -0.378. The third-order valence-electron chi connectivity index (χ3n) is 2.62. The summed E-state index contributed by atoms with van der Waals surface area (Å²) in [6.45, 7) is 2.81. The van der Waals surface area contributed by atoms with Gasteiger partial charge in [-0.15, -0.1) is 0 Å². The van der Waals surface area contributed by atoms with Gasteiger partial charge >= 0.3 is 0 Å². The molecular formula is C14H15Cl2NO2. The van der Waals surface area contributed by atoms with Gasteiger partial charge in [-0.1, -0.05) is 29.3 Å². The van der Waals surface area contributed by atoms with E-state index < -0.39 is 0 Å². The van der Waals surface area contributed by atoms with Gasteiger partial charge < -0.3 is 14.8 Å². The lowest BCUT2D eigenvalue weighted by Crippen LogP contribution is -2.23. The summed E-state index contributed by atoms with van der Waals surface area (Å²) in [5.41, 5.74) is 0.774. The molecule has 0 aliphatic rings. The predicted octanol–water partition coefficient (Wildman–Crippen LogP) is 3.72. The summed E-state index contributed by atoms with van der Waals surface area (Å²) in [6, 6.07) is 9.16. The quantitative estimate of drug-likeness (QED) is 0.884. The maximum absolute atomic E-state index is 9.16. The molecule has 0 spiro atoms. The van der Waals surface area contributed by atoms with Crippen LogP contribution in [-0.4, -0.2) is 17.8 Å². The summed E-state index contributed by atoms with van der Waals surface area (Å²) < 4.78 is 5.70. The molecule has 2 aromatic rings. The van der Waals surface area contributed by atoms with E-state index in [2.05, 4.69) is 5.32 Å². The van der Waals surface area contributed by atoms with Gasteiger partial charge in [0.15, 0.2) is 0 Å². The Morgan fingerprint density at radius 1 is 1.26 bits per heavy atom.